The molecule has 182 valence electrons. The van der Waals surface area contributed by atoms with Gasteiger partial charge in [0, 0.05) is 35.5 Å². The first-order valence-corrected chi connectivity index (χ1v) is 13.7. The lowest BCUT2D eigenvalue weighted by molar-refractivity contribution is -0.146. The lowest BCUT2D eigenvalue weighted by Crippen LogP contribution is -2.48. The molecule has 0 amide bonds. The summed E-state index contributed by atoms with van der Waals surface area (Å²) in [6.07, 6.45) is 3.26. The highest BCUT2D eigenvalue weighted by atomic mass is 35.5. The second-order valence-corrected chi connectivity index (χ2v) is 11.2. The Balaban J connectivity index is 1.49. The highest BCUT2D eigenvalue weighted by Crippen LogP contribution is 2.36. The number of rotatable bonds is 10. The summed E-state index contributed by atoms with van der Waals surface area (Å²) in [7, 11) is 1.59. The summed E-state index contributed by atoms with van der Waals surface area (Å²) in [6.45, 7) is 1.70. The first-order chi connectivity index (χ1) is 16.5. The van der Waals surface area contributed by atoms with Gasteiger partial charge < -0.3 is 14.9 Å². The number of fused-ring (bicyclic) bond motifs is 1. The zero-order valence-corrected chi connectivity index (χ0v) is 21.4. The summed E-state index contributed by atoms with van der Waals surface area (Å²) in [4.78, 5) is 18.7. The van der Waals surface area contributed by atoms with Crippen LogP contribution in [-0.4, -0.2) is 58.1 Å². The number of ether oxygens (including phenoxy) is 1. The predicted molar refractivity (Wildman–Crippen MR) is 138 cm³/mol. The highest BCUT2D eigenvalue weighted by molar-refractivity contribution is 8.01. The summed E-state index contributed by atoms with van der Waals surface area (Å²) >= 11 is 10.00. The molecule has 0 radical (unpaired) electrons. The van der Waals surface area contributed by atoms with Crippen molar-refractivity contribution >= 4 is 51.6 Å². The minimum Gasteiger partial charge on any atom is -0.497 e. The van der Waals surface area contributed by atoms with Crippen molar-refractivity contribution in [3.8, 4) is 5.75 Å². The Morgan fingerprint density at radius 1 is 1.41 bits per heavy atom. The molecule has 3 aromatic rings. The number of benzene rings is 1. The minimum atomic E-state index is -0.830. The zero-order valence-electron chi connectivity index (χ0n) is 19.0. The molecule has 3 atom stereocenters. The van der Waals surface area contributed by atoms with Crippen LogP contribution >= 0.6 is 34.7 Å². The number of carboxylic acid groups (broad SMARTS) is 1. The Morgan fingerprint density at radius 3 is 3.00 bits per heavy atom. The average Bonchev–Trinajstić information content (AvgIpc) is 3.35. The molecule has 0 aliphatic carbocycles. The van der Waals surface area contributed by atoms with Crippen molar-refractivity contribution in [2.45, 2.75) is 42.0 Å². The number of aliphatic carboxylic acids is 1. The van der Waals surface area contributed by atoms with Crippen LogP contribution in [0.3, 0.4) is 0 Å². The normalized spacial score (nSPS) is 19.9. The maximum absolute atomic E-state index is 12.0. The molecule has 0 bridgehead atoms. The third-order valence-corrected chi connectivity index (χ3v) is 8.88. The van der Waals surface area contributed by atoms with Gasteiger partial charge >= 0.3 is 5.97 Å². The van der Waals surface area contributed by atoms with Crippen molar-refractivity contribution in [1.29, 1.82) is 0 Å². The van der Waals surface area contributed by atoms with Gasteiger partial charge in [0.05, 0.1) is 33.9 Å². The standard InChI is InChI=1S/C25H29ClN2O4S2/c1-32-16-6-7-20-18(14-16)24(19(26)15-27-20)22(29)9-8-21-17(25(30)31)4-2-10-28(21)11-13-34-23-5-3-12-33-23/h3,5-7,12,14-15,17,21-22,29H,2,4,8-11,13H2,1H3,(H,30,31). The van der Waals surface area contributed by atoms with Crippen LogP contribution in [0.2, 0.25) is 5.02 Å². The predicted octanol–water partition coefficient (Wildman–Crippen LogP) is 5.73. The Bertz CT molecular complexity index is 1110. The topological polar surface area (TPSA) is 82.9 Å². The first-order valence-electron chi connectivity index (χ1n) is 11.4. The second kappa shape index (κ2) is 11.7. The number of hydrogen-bond acceptors (Lipinski definition) is 7. The van der Waals surface area contributed by atoms with Crippen molar-refractivity contribution in [3.63, 3.8) is 0 Å². The van der Waals surface area contributed by atoms with Crippen molar-refractivity contribution in [2.24, 2.45) is 5.92 Å². The van der Waals surface area contributed by atoms with Gasteiger partial charge in [0.15, 0.2) is 0 Å². The lowest BCUT2D eigenvalue weighted by Gasteiger charge is -2.40. The molecular formula is C25H29ClN2O4S2. The Morgan fingerprint density at radius 2 is 2.26 bits per heavy atom. The van der Waals surface area contributed by atoms with E-state index in [-0.39, 0.29) is 6.04 Å². The van der Waals surface area contributed by atoms with Gasteiger partial charge in [0.1, 0.15) is 5.75 Å². The van der Waals surface area contributed by atoms with Crippen LogP contribution < -0.4 is 4.74 Å². The van der Waals surface area contributed by atoms with Crippen LogP contribution in [0, 0.1) is 5.92 Å². The van der Waals surface area contributed by atoms with Crippen molar-refractivity contribution in [2.75, 3.05) is 26.0 Å². The number of hydrogen-bond donors (Lipinski definition) is 2. The number of likely N-dealkylation sites (tertiary alicyclic amines) is 1. The summed E-state index contributed by atoms with van der Waals surface area (Å²) in [5.41, 5.74) is 1.35. The molecule has 6 nitrogen and oxygen atoms in total. The number of thiophene rings is 1. The number of thioether (sulfide) groups is 1. The third kappa shape index (κ3) is 5.86. The minimum absolute atomic E-state index is 0.119. The summed E-state index contributed by atoms with van der Waals surface area (Å²) < 4.78 is 6.62. The van der Waals surface area contributed by atoms with Crippen molar-refractivity contribution in [3.05, 3.63) is 52.5 Å². The molecular weight excluding hydrogens is 492 g/mol. The summed E-state index contributed by atoms with van der Waals surface area (Å²) in [5, 5.41) is 24.3. The van der Waals surface area contributed by atoms with Crippen LogP contribution in [0.25, 0.3) is 10.9 Å². The van der Waals surface area contributed by atoms with Gasteiger partial charge in [-0.3, -0.25) is 14.7 Å². The van der Waals surface area contributed by atoms with E-state index in [0.717, 1.165) is 36.2 Å². The van der Waals surface area contributed by atoms with Gasteiger partial charge in [-0.05, 0) is 61.9 Å². The van der Waals surface area contributed by atoms with E-state index in [2.05, 4.69) is 21.3 Å². The fourth-order valence-electron chi connectivity index (χ4n) is 4.79. The number of carboxylic acids is 1. The third-order valence-electron chi connectivity index (χ3n) is 6.47. The van der Waals surface area contributed by atoms with E-state index >= 15 is 0 Å². The number of aliphatic hydroxyl groups is 1. The fraction of sp³-hybridized carbons (Fsp3) is 0.440. The maximum Gasteiger partial charge on any atom is 0.308 e. The smallest absolute Gasteiger partial charge is 0.308 e. The molecule has 1 aromatic carbocycles. The number of carbonyl (C=O) groups is 1. The molecule has 2 N–H and O–H groups in total. The van der Waals surface area contributed by atoms with Gasteiger partial charge in [-0.1, -0.05) is 17.7 Å². The van der Waals surface area contributed by atoms with Crippen LogP contribution in [0.4, 0.5) is 0 Å². The van der Waals surface area contributed by atoms with Crippen LogP contribution in [0.1, 0.15) is 37.4 Å². The fourth-order valence-corrected chi connectivity index (χ4v) is 6.91. The Hall–Kier alpha value is -1.84. The van der Waals surface area contributed by atoms with Crippen molar-refractivity contribution in [1.82, 2.24) is 9.88 Å². The molecule has 3 heterocycles. The highest BCUT2D eigenvalue weighted by Gasteiger charge is 2.36. The van der Waals surface area contributed by atoms with Crippen LogP contribution in [-0.2, 0) is 4.79 Å². The molecule has 34 heavy (non-hydrogen) atoms. The largest absolute Gasteiger partial charge is 0.497 e. The van der Waals surface area contributed by atoms with E-state index in [0.29, 0.717) is 35.6 Å². The van der Waals surface area contributed by atoms with Crippen LogP contribution in [0.5, 0.6) is 5.75 Å². The molecule has 9 heteroatoms. The van der Waals surface area contributed by atoms with Crippen LogP contribution in [0.15, 0.2) is 46.1 Å². The molecule has 1 aliphatic heterocycles. The molecule has 4 rings (SSSR count). The van der Waals surface area contributed by atoms with Gasteiger partial charge in [-0.2, -0.15) is 0 Å². The number of nitrogens with zero attached hydrogens (tertiary/aromatic N) is 2. The van der Waals surface area contributed by atoms with E-state index in [1.807, 2.05) is 24.3 Å². The van der Waals surface area contributed by atoms with Gasteiger partial charge in [-0.25, -0.2) is 0 Å². The van der Waals surface area contributed by atoms with E-state index in [1.165, 1.54) is 4.21 Å². The summed E-state index contributed by atoms with van der Waals surface area (Å²) in [5.74, 6) is 0.384. The summed E-state index contributed by atoms with van der Waals surface area (Å²) in [6, 6.07) is 9.53. The molecule has 0 saturated carbocycles. The molecule has 2 aromatic heterocycles. The van der Waals surface area contributed by atoms with Crippen molar-refractivity contribution < 1.29 is 19.7 Å². The molecule has 1 saturated heterocycles. The first kappa shape index (κ1) is 25.3. The number of halogens is 1. The van der Waals surface area contributed by atoms with E-state index < -0.39 is 18.0 Å². The zero-order chi connectivity index (χ0) is 24.1. The molecule has 0 spiro atoms. The number of aliphatic hydroxyl groups excluding tert-OH is 1. The SMILES string of the molecule is COc1ccc2ncc(Cl)c(C(O)CCC3C(C(=O)O)CCCN3CCSc3cccs3)c2c1. The average molecular weight is 521 g/mol. The van der Waals surface area contributed by atoms with E-state index in [9.17, 15) is 15.0 Å². The second-order valence-electron chi connectivity index (χ2n) is 8.47. The number of pyridine rings is 1. The Labute approximate surface area is 212 Å². The quantitative estimate of drug-likeness (QED) is 0.330. The maximum atomic E-state index is 12.0. The Kier molecular flexibility index (Phi) is 8.71. The lowest BCUT2D eigenvalue weighted by atomic mass is 9.85. The van der Waals surface area contributed by atoms with Gasteiger partial charge in [0.25, 0.3) is 0 Å². The monoisotopic (exact) mass is 520 g/mol. The number of aromatic nitrogens is 1. The van der Waals surface area contributed by atoms with Gasteiger partial charge in [-0.15, -0.1) is 23.1 Å². The molecule has 1 aliphatic rings. The molecule has 1 fully saturated rings. The van der Waals surface area contributed by atoms with E-state index in [1.54, 1.807) is 36.4 Å². The van der Waals surface area contributed by atoms with Gasteiger partial charge in [0.2, 0.25) is 0 Å². The number of methoxy groups -OCH3 is 1. The number of piperidine rings is 1. The van der Waals surface area contributed by atoms with E-state index in [4.69, 9.17) is 16.3 Å². The molecule has 3 unspecified atom stereocenters.